The number of benzene rings is 1. The predicted octanol–water partition coefficient (Wildman–Crippen LogP) is 3.23. The van der Waals surface area contributed by atoms with E-state index < -0.39 is 4.92 Å². The van der Waals surface area contributed by atoms with Crippen molar-refractivity contribution < 1.29 is 14.8 Å². The second-order valence-electron chi connectivity index (χ2n) is 3.88. The molecule has 108 valence electrons. The normalized spacial score (nSPS) is 9.81. The molecule has 5 nitrogen and oxygen atoms in total. The molecule has 0 fully saturated rings. The summed E-state index contributed by atoms with van der Waals surface area (Å²) < 4.78 is 5.50. The van der Waals surface area contributed by atoms with Gasteiger partial charge < -0.3 is 9.84 Å². The molecule has 0 radical (unpaired) electrons. The van der Waals surface area contributed by atoms with E-state index in [1.807, 2.05) is 5.38 Å². The van der Waals surface area contributed by atoms with Gasteiger partial charge in [0.1, 0.15) is 13.2 Å². The highest BCUT2D eigenvalue weighted by atomic mass is 35.5. The molecule has 0 unspecified atom stereocenters. The van der Waals surface area contributed by atoms with Crippen LogP contribution < -0.4 is 4.74 Å². The maximum Gasteiger partial charge on any atom is 0.311 e. The third-order valence-corrected chi connectivity index (χ3v) is 3.65. The summed E-state index contributed by atoms with van der Waals surface area (Å²) in [6.07, 6.45) is 0. The number of ether oxygens (including phenoxy) is 1. The third kappa shape index (κ3) is 3.95. The molecule has 1 N–H and O–H groups in total. The zero-order chi connectivity index (χ0) is 15.2. The van der Waals surface area contributed by atoms with E-state index in [-0.39, 0.29) is 24.7 Å². The Morgan fingerprint density at radius 2 is 2.24 bits per heavy atom. The Labute approximate surface area is 129 Å². The van der Waals surface area contributed by atoms with Crippen LogP contribution in [-0.2, 0) is 6.61 Å². The van der Waals surface area contributed by atoms with Crippen LogP contribution in [0.2, 0.25) is 5.02 Å². The van der Waals surface area contributed by atoms with Crippen LogP contribution in [0.4, 0.5) is 5.69 Å². The van der Waals surface area contributed by atoms with Gasteiger partial charge in [-0.1, -0.05) is 23.4 Å². The van der Waals surface area contributed by atoms with Gasteiger partial charge in [0.15, 0.2) is 5.75 Å². The van der Waals surface area contributed by atoms with Crippen molar-refractivity contribution >= 4 is 28.6 Å². The van der Waals surface area contributed by atoms with Crippen LogP contribution in [0, 0.1) is 22.0 Å². The minimum absolute atomic E-state index is 0.113. The van der Waals surface area contributed by atoms with Crippen LogP contribution >= 0.6 is 22.9 Å². The Morgan fingerprint density at radius 3 is 2.95 bits per heavy atom. The van der Waals surface area contributed by atoms with E-state index in [9.17, 15) is 10.1 Å². The maximum atomic E-state index is 10.9. The minimum Gasteiger partial charge on any atom is -0.481 e. The summed E-state index contributed by atoms with van der Waals surface area (Å²) in [7, 11) is 0. The van der Waals surface area contributed by atoms with E-state index >= 15 is 0 Å². The van der Waals surface area contributed by atoms with Gasteiger partial charge in [-0.2, -0.15) is 0 Å². The van der Waals surface area contributed by atoms with Gasteiger partial charge in [0, 0.05) is 22.7 Å². The molecule has 0 aliphatic heterocycles. The van der Waals surface area contributed by atoms with E-state index in [4.69, 9.17) is 21.4 Å². The van der Waals surface area contributed by atoms with Crippen molar-refractivity contribution in [3.05, 3.63) is 55.2 Å². The fraction of sp³-hybridized carbons (Fsp3) is 0.143. The molecule has 0 saturated heterocycles. The molecule has 0 bridgehead atoms. The summed E-state index contributed by atoms with van der Waals surface area (Å²) >= 11 is 7.26. The summed E-state index contributed by atoms with van der Waals surface area (Å²) in [5.74, 6) is 5.47. The van der Waals surface area contributed by atoms with Gasteiger partial charge in [0.05, 0.1) is 9.80 Å². The number of hydrogen-bond acceptors (Lipinski definition) is 5. The number of hydrogen-bond donors (Lipinski definition) is 1. The molecule has 21 heavy (non-hydrogen) atoms. The molecular formula is C14H10ClNO4S. The third-order valence-electron chi connectivity index (χ3n) is 2.52. The van der Waals surface area contributed by atoms with Crippen molar-refractivity contribution in [1.82, 2.24) is 0 Å². The summed E-state index contributed by atoms with van der Waals surface area (Å²) in [6.45, 7) is -0.0792. The zero-order valence-electron chi connectivity index (χ0n) is 10.7. The quantitative estimate of drug-likeness (QED) is 0.532. The van der Waals surface area contributed by atoms with Gasteiger partial charge in [-0.15, -0.1) is 11.3 Å². The molecule has 2 aromatic rings. The van der Waals surface area contributed by atoms with Crippen molar-refractivity contribution in [2.45, 2.75) is 6.61 Å². The van der Waals surface area contributed by atoms with Crippen LogP contribution in [0.25, 0.3) is 0 Å². The Morgan fingerprint density at radius 1 is 1.43 bits per heavy atom. The number of halogens is 1. The Balaban J connectivity index is 2.19. The molecule has 1 aromatic heterocycles. The van der Waals surface area contributed by atoms with Gasteiger partial charge in [-0.25, -0.2) is 0 Å². The van der Waals surface area contributed by atoms with Crippen LogP contribution in [-0.4, -0.2) is 16.6 Å². The lowest BCUT2D eigenvalue weighted by Gasteiger charge is -2.06. The fourth-order valence-corrected chi connectivity index (χ4v) is 2.50. The van der Waals surface area contributed by atoms with Crippen molar-refractivity contribution in [3.8, 4) is 17.6 Å². The molecule has 0 aliphatic carbocycles. The standard InChI is InChI=1S/C14H10ClNO4S/c15-11-3-4-12(16(18)19)13(8-11)20-9-14-10(2-1-6-17)5-7-21-14/h3-5,7-8,17H,6,9H2. The maximum absolute atomic E-state index is 10.9. The first kappa shape index (κ1) is 15.3. The minimum atomic E-state index is -0.521. The van der Waals surface area contributed by atoms with E-state index in [1.54, 1.807) is 6.07 Å². The average molecular weight is 324 g/mol. The van der Waals surface area contributed by atoms with Crippen molar-refractivity contribution in [2.75, 3.05) is 6.61 Å². The number of nitro groups is 1. The molecule has 1 heterocycles. The SMILES string of the molecule is O=[N+]([O-])c1ccc(Cl)cc1OCc1sccc1C#CCO. The molecule has 0 amide bonds. The zero-order valence-corrected chi connectivity index (χ0v) is 12.3. The number of aliphatic hydroxyl groups excluding tert-OH is 1. The Kier molecular flexibility index (Phi) is 5.17. The largest absolute Gasteiger partial charge is 0.481 e. The fourth-order valence-electron chi connectivity index (χ4n) is 1.60. The van der Waals surface area contributed by atoms with Crippen molar-refractivity contribution in [1.29, 1.82) is 0 Å². The first-order valence-electron chi connectivity index (χ1n) is 5.84. The highest BCUT2D eigenvalue weighted by Crippen LogP contribution is 2.31. The first-order chi connectivity index (χ1) is 10.1. The molecule has 2 rings (SSSR count). The van der Waals surface area contributed by atoms with E-state index in [1.165, 1.54) is 29.5 Å². The molecule has 0 spiro atoms. The lowest BCUT2D eigenvalue weighted by atomic mass is 10.2. The van der Waals surface area contributed by atoms with Gasteiger partial charge in [0.2, 0.25) is 0 Å². The summed E-state index contributed by atoms with van der Waals surface area (Å²) in [6, 6.07) is 5.96. The summed E-state index contributed by atoms with van der Waals surface area (Å²) in [5, 5.41) is 21.8. The van der Waals surface area contributed by atoms with Gasteiger partial charge in [-0.3, -0.25) is 10.1 Å². The average Bonchev–Trinajstić information content (AvgIpc) is 2.90. The lowest BCUT2D eigenvalue weighted by Crippen LogP contribution is -1.99. The highest BCUT2D eigenvalue weighted by Gasteiger charge is 2.16. The number of rotatable bonds is 4. The molecule has 0 saturated carbocycles. The van der Waals surface area contributed by atoms with Gasteiger partial charge >= 0.3 is 5.69 Å². The summed E-state index contributed by atoms with van der Waals surface area (Å²) in [5.41, 5.74) is 0.595. The number of thiophene rings is 1. The van der Waals surface area contributed by atoms with Crippen molar-refractivity contribution in [2.24, 2.45) is 0 Å². The number of aliphatic hydroxyl groups is 1. The monoisotopic (exact) mass is 323 g/mol. The van der Waals surface area contributed by atoms with Crippen LogP contribution in [0.1, 0.15) is 10.4 Å². The Bertz CT molecular complexity index is 717. The van der Waals surface area contributed by atoms with E-state index in [0.717, 1.165) is 10.4 Å². The van der Waals surface area contributed by atoms with Crippen molar-refractivity contribution in [3.63, 3.8) is 0 Å². The van der Waals surface area contributed by atoms with Crippen LogP contribution in [0.5, 0.6) is 5.75 Å². The van der Waals surface area contributed by atoms with Crippen LogP contribution in [0.15, 0.2) is 29.6 Å². The van der Waals surface area contributed by atoms with E-state index in [0.29, 0.717) is 5.02 Å². The Hall–Kier alpha value is -2.07. The molecular weight excluding hydrogens is 314 g/mol. The number of nitrogens with zero attached hydrogens (tertiary/aromatic N) is 1. The second-order valence-corrected chi connectivity index (χ2v) is 5.31. The van der Waals surface area contributed by atoms with Gasteiger partial charge in [-0.05, 0) is 17.5 Å². The predicted molar refractivity (Wildman–Crippen MR) is 80.7 cm³/mol. The molecule has 0 atom stereocenters. The summed E-state index contributed by atoms with van der Waals surface area (Å²) in [4.78, 5) is 11.2. The van der Waals surface area contributed by atoms with Crippen LogP contribution in [0.3, 0.4) is 0 Å². The highest BCUT2D eigenvalue weighted by molar-refractivity contribution is 7.10. The van der Waals surface area contributed by atoms with Gasteiger partial charge in [0.25, 0.3) is 0 Å². The van der Waals surface area contributed by atoms with E-state index in [2.05, 4.69) is 11.8 Å². The topological polar surface area (TPSA) is 72.6 Å². The molecule has 1 aromatic carbocycles. The molecule has 0 aliphatic rings. The number of nitro benzene ring substituents is 1. The molecule has 7 heteroatoms. The second kappa shape index (κ2) is 7.09. The smallest absolute Gasteiger partial charge is 0.311 e. The first-order valence-corrected chi connectivity index (χ1v) is 7.10. The lowest BCUT2D eigenvalue weighted by molar-refractivity contribution is -0.385.